The van der Waals surface area contributed by atoms with Crippen LogP contribution < -0.4 is 4.90 Å². The Morgan fingerprint density at radius 3 is 2.38 bits per heavy atom. The quantitative estimate of drug-likeness (QED) is 0.691. The minimum absolute atomic E-state index is 0.00363. The van der Waals surface area contributed by atoms with Crippen LogP contribution in [0.4, 0.5) is 5.69 Å². The Labute approximate surface area is 145 Å². The molecule has 3 heteroatoms. The van der Waals surface area contributed by atoms with E-state index >= 15 is 0 Å². The number of para-hydroxylation sites is 1. The molecular formula is C21H27N3. The molecule has 126 valence electrons. The van der Waals surface area contributed by atoms with Gasteiger partial charge < -0.3 is 4.90 Å². The SMILES string of the molecule is Cc1cccc2c1N1C(C)c3nccnc3C1(C)C(C)(C)C2(C)C. The van der Waals surface area contributed by atoms with E-state index < -0.39 is 0 Å². The molecule has 0 aliphatic carbocycles. The van der Waals surface area contributed by atoms with Crippen LogP contribution in [0.15, 0.2) is 30.6 Å². The molecule has 3 nitrogen and oxygen atoms in total. The maximum absolute atomic E-state index is 4.83. The van der Waals surface area contributed by atoms with Crippen molar-refractivity contribution in [1.29, 1.82) is 0 Å². The van der Waals surface area contributed by atoms with Crippen molar-refractivity contribution < 1.29 is 0 Å². The van der Waals surface area contributed by atoms with E-state index in [1.54, 1.807) is 0 Å². The van der Waals surface area contributed by atoms with Crippen LogP contribution in [-0.2, 0) is 11.0 Å². The summed E-state index contributed by atoms with van der Waals surface area (Å²) in [6.07, 6.45) is 3.67. The van der Waals surface area contributed by atoms with Gasteiger partial charge in [-0.05, 0) is 37.3 Å². The molecule has 0 fully saturated rings. The standard InChI is InChI=1S/C21H27N3/c1-13-9-8-10-15-17(13)24-14(2)16-18(23-12-11-22-16)21(24,7)20(5,6)19(15,3)4/h8-12,14H,1-7H3. The van der Waals surface area contributed by atoms with Crippen LogP contribution in [0.5, 0.6) is 0 Å². The van der Waals surface area contributed by atoms with Crippen molar-refractivity contribution in [2.24, 2.45) is 5.41 Å². The molecule has 0 radical (unpaired) electrons. The maximum atomic E-state index is 4.83. The van der Waals surface area contributed by atoms with E-state index in [0.29, 0.717) is 0 Å². The van der Waals surface area contributed by atoms with E-state index in [2.05, 4.69) is 71.6 Å². The monoisotopic (exact) mass is 321 g/mol. The summed E-state index contributed by atoms with van der Waals surface area (Å²) < 4.78 is 0. The predicted molar refractivity (Wildman–Crippen MR) is 98.3 cm³/mol. The molecule has 0 amide bonds. The Morgan fingerprint density at radius 2 is 1.67 bits per heavy atom. The lowest BCUT2D eigenvalue weighted by Crippen LogP contribution is -2.62. The first-order chi connectivity index (χ1) is 11.2. The molecule has 0 spiro atoms. The van der Waals surface area contributed by atoms with Crippen LogP contribution >= 0.6 is 0 Å². The molecule has 2 unspecified atom stereocenters. The second-order valence-electron chi connectivity index (χ2n) is 8.63. The van der Waals surface area contributed by atoms with Crippen LogP contribution in [0, 0.1) is 12.3 Å². The van der Waals surface area contributed by atoms with E-state index in [1.807, 2.05) is 12.4 Å². The highest BCUT2D eigenvalue weighted by molar-refractivity contribution is 5.71. The van der Waals surface area contributed by atoms with E-state index in [4.69, 9.17) is 9.97 Å². The smallest absolute Gasteiger partial charge is 0.0899 e. The van der Waals surface area contributed by atoms with Crippen LogP contribution in [0.1, 0.15) is 70.1 Å². The number of hydrogen-bond acceptors (Lipinski definition) is 3. The molecule has 0 N–H and O–H groups in total. The Hall–Kier alpha value is -1.90. The molecule has 4 rings (SSSR count). The van der Waals surface area contributed by atoms with E-state index in [1.165, 1.54) is 16.8 Å². The largest absolute Gasteiger partial charge is 0.351 e. The average Bonchev–Trinajstić information content (AvgIpc) is 2.77. The topological polar surface area (TPSA) is 29.0 Å². The van der Waals surface area contributed by atoms with Crippen molar-refractivity contribution in [3.05, 3.63) is 53.1 Å². The Kier molecular flexibility index (Phi) is 2.85. The first-order valence-corrected chi connectivity index (χ1v) is 8.86. The van der Waals surface area contributed by atoms with Gasteiger partial charge in [0.25, 0.3) is 0 Å². The summed E-state index contributed by atoms with van der Waals surface area (Å²) in [5.41, 5.74) is 6.25. The predicted octanol–water partition coefficient (Wildman–Crippen LogP) is 4.90. The fourth-order valence-corrected chi connectivity index (χ4v) is 5.10. The van der Waals surface area contributed by atoms with Crippen LogP contribution in [0.25, 0.3) is 0 Å². The van der Waals surface area contributed by atoms with Gasteiger partial charge in [-0.1, -0.05) is 45.9 Å². The highest BCUT2D eigenvalue weighted by Gasteiger charge is 2.65. The van der Waals surface area contributed by atoms with E-state index in [-0.39, 0.29) is 22.4 Å². The van der Waals surface area contributed by atoms with E-state index in [0.717, 1.165) is 11.4 Å². The number of aryl methyl sites for hydroxylation is 1. The fourth-order valence-electron chi connectivity index (χ4n) is 5.10. The third-order valence-corrected chi connectivity index (χ3v) is 7.38. The molecule has 3 heterocycles. The second kappa shape index (κ2) is 4.38. The summed E-state index contributed by atoms with van der Waals surface area (Å²) in [4.78, 5) is 12.1. The van der Waals surface area contributed by atoms with E-state index in [9.17, 15) is 0 Å². The van der Waals surface area contributed by atoms with Crippen molar-refractivity contribution in [1.82, 2.24) is 9.97 Å². The molecular weight excluding hydrogens is 294 g/mol. The number of nitrogens with zero attached hydrogens (tertiary/aromatic N) is 3. The van der Waals surface area contributed by atoms with Crippen molar-refractivity contribution >= 4 is 5.69 Å². The highest BCUT2D eigenvalue weighted by Crippen LogP contribution is 2.66. The molecule has 2 atom stereocenters. The Morgan fingerprint density at radius 1 is 1.00 bits per heavy atom. The number of aromatic nitrogens is 2. The summed E-state index contributed by atoms with van der Waals surface area (Å²) in [6, 6.07) is 6.96. The third kappa shape index (κ3) is 1.45. The summed E-state index contributed by atoms with van der Waals surface area (Å²) in [7, 11) is 0. The highest BCUT2D eigenvalue weighted by atomic mass is 15.3. The minimum atomic E-state index is -0.182. The van der Waals surface area contributed by atoms with Crippen LogP contribution in [0.3, 0.4) is 0 Å². The molecule has 1 aromatic carbocycles. The summed E-state index contributed by atoms with van der Waals surface area (Å²) >= 11 is 0. The van der Waals surface area contributed by atoms with Crippen molar-refractivity contribution in [2.75, 3.05) is 4.90 Å². The molecule has 24 heavy (non-hydrogen) atoms. The summed E-state index contributed by atoms with van der Waals surface area (Å²) in [6.45, 7) is 16.4. The first kappa shape index (κ1) is 15.6. The van der Waals surface area contributed by atoms with Gasteiger partial charge in [-0.3, -0.25) is 9.97 Å². The first-order valence-electron chi connectivity index (χ1n) is 8.86. The number of benzene rings is 1. The maximum Gasteiger partial charge on any atom is 0.0899 e. The van der Waals surface area contributed by atoms with Gasteiger partial charge >= 0.3 is 0 Å². The molecule has 0 saturated carbocycles. The molecule has 2 aromatic rings. The zero-order valence-electron chi connectivity index (χ0n) is 15.8. The van der Waals surface area contributed by atoms with Crippen molar-refractivity contribution in [3.8, 4) is 0 Å². The number of rotatable bonds is 0. The molecule has 1 aromatic heterocycles. The molecule has 0 bridgehead atoms. The normalized spacial score (nSPS) is 29.0. The van der Waals surface area contributed by atoms with Crippen molar-refractivity contribution in [2.45, 2.75) is 65.5 Å². The molecule has 0 saturated heterocycles. The summed E-state index contributed by atoms with van der Waals surface area (Å²) in [5.74, 6) is 0. The molecule has 2 aliphatic heterocycles. The van der Waals surface area contributed by atoms with Gasteiger partial charge in [-0.15, -0.1) is 0 Å². The Balaban J connectivity index is 2.15. The fraction of sp³-hybridized carbons (Fsp3) is 0.524. The van der Waals surface area contributed by atoms with Gasteiger partial charge in [0, 0.05) is 23.5 Å². The van der Waals surface area contributed by atoms with Gasteiger partial charge in [0.2, 0.25) is 0 Å². The zero-order valence-corrected chi connectivity index (χ0v) is 15.8. The number of anilines is 1. The average molecular weight is 321 g/mol. The van der Waals surface area contributed by atoms with Gasteiger partial charge in [0.15, 0.2) is 0 Å². The van der Waals surface area contributed by atoms with Crippen LogP contribution in [0.2, 0.25) is 0 Å². The lowest BCUT2D eigenvalue weighted by molar-refractivity contribution is 0.0626. The van der Waals surface area contributed by atoms with Crippen molar-refractivity contribution in [3.63, 3.8) is 0 Å². The third-order valence-electron chi connectivity index (χ3n) is 7.38. The Bertz CT molecular complexity index is 837. The van der Waals surface area contributed by atoms with Gasteiger partial charge in [-0.2, -0.15) is 0 Å². The van der Waals surface area contributed by atoms with Gasteiger partial charge in [0.1, 0.15) is 0 Å². The second-order valence-corrected chi connectivity index (χ2v) is 8.63. The lowest BCUT2D eigenvalue weighted by atomic mass is 9.52. The van der Waals surface area contributed by atoms with Gasteiger partial charge in [0.05, 0.1) is 23.0 Å². The van der Waals surface area contributed by atoms with Crippen LogP contribution in [-0.4, -0.2) is 9.97 Å². The molecule has 2 aliphatic rings. The minimum Gasteiger partial charge on any atom is -0.351 e. The summed E-state index contributed by atoms with van der Waals surface area (Å²) in [5, 5.41) is 0. The lowest BCUT2D eigenvalue weighted by Gasteiger charge is -2.61. The zero-order chi connectivity index (χ0) is 17.5. The number of hydrogen-bond donors (Lipinski definition) is 0. The number of fused-ring (bicyclic) bond motifs is 5. The van der Waals surface area contributed by atoms with Gasteiger partial charge in [-0.25, -0.2) is 0 Å².